The maximum atomic E-state index is 13.2. The van der Waals surface area contributed by atoms with Gasteiger partial charge in [-0.3, -0.25) is 0 Å². The number of methoxy groups -OCH3 is 4. The predicted molar refractivity (Wildman–Crippen MR) is 122 cm³/mol. The van der Waals surface area contributed by atoms with Crippen LogP contribution >= 0.6 is 0 Å². The Labute approximate surface area is 190 Å². The summed E-state index contributed by atoms with van der Waals surface area (Å²) in [5, 5.41) is 0. The fourth-order valence-electron chi connectivity index (χ4n) is 4.07. The molecule has 0 atom stereocenters. The van der Waals surface area contributed by atoms with E-state index < -0.39 is 0 Å². The molecule has 0 radical (unpaired) electrons. The van der Waals surface area contributed by atoms with Crippen LogP contribution in [-0.4, -0.2) is 45.5 Å². The van der Waals surface area contributed by atoms with Crippen LogP contribution in [0.15, 0.2) is 36.4 Å². The first kappa shape index (κ1) is 23.6. The van der Waals surface area contributed by atoms with Gasteiger partial charge in [-0.15, -0.1) is 0 Å². The first-order valence-corrected chi connectivity index (χ1v) is 10.9. The molecule has 1 saturated carbocycles. The fourth-order valence-corrected chi connectivity index (χ4v) is 4.07. The van der Waals surface area contributed by atoms with Crippen molar-refractivity contribution in [3.63, 3.8) is 0 Å². The Morgan fingerprint density at radius 3 is 1.69 bits per heavy atom. The number of carbonyl (C=O) groups excluding carboxylic acids is 1. The summed E-state index contributed by atoms with van der Waals surface area (Å²) >= 11 is 0. The van der Waals surface area contributed by atoms with Crippen molar-refractivity contribution in [2.75, 3.05) is 28.4 Å². The van der Waals surface area contributed by atoms with E-state index >= 15 is 0 Å². The smallest absolute Gasteiger partial charge is 0.410 e. The molecular weight excluding hydrogens is 410 g/mol. The zero-order valence-electron chi connectivity index (χ0n) is 19.4. The third-order valence-electron chi connectivity index (χ3n) is 5.79. The summed E-state index contributed by atoms with van der Waals surface area (Å²) in [4.78, 5) is 15.1. The van der Waals surface area contributed by atoms with Gasteiger partial charge in [-0.25, -0.2) is 4.79 Å². The summed E-state index contributed by atoms with van der Waals surface area (Å²) in [7, 11) is 6.43. The van der Waals surface area contributed by atoms with Gasteiger partial charge in [0.2, 0.25) is 0 Å². The molecule has 1 aliphatic carbocycles. The normalized spacial score (nSPS) is 13.9. The minimum absolute atomic E-state index is 0.136. The van der Waals surface area contributed by atoms with Gasteiger partial charge in [-0.1, -0.05) is 19.3 Å². The lowest BCUT2D eigenvalue weighted by Crippen LogP contribution is -2.41. The first-order valence-electron chi connectivity index (χ1n) is 10.9. The second kappa shape index (κ2) is 11.5. The average Bonchev–Trinajstić information content (AvgIpc) is 2.85. The molecule has 7 heteroatoms. The van der Waals surface area contributed by atoms with Crippen molar-refractivity contribution in [1.29, 1.82) is 0 Å². The highest BCUT2D eigenvalue weighted by atomic mass is 16.6. The van der Waals surface area contributed by atoms with Crippen LogP contribution in [0.1, 0.15) is 43.2 Å². The Bertz CT molecular complexity index is 849. The zero-order chi connectivity index (χ0) is 22.9. The largest absolute Gasteiger partial charge is 0.497 e. The maximum Gasteiger partial charge on any atom is 0.410 e. The molecule has 0 heterocycles. The highest BCUT2D eigenvalue weighted by Gasteiger charge is 2.27. The Kier molecular flexibility index (Phi) is 8.48. The van der Waals surface area contributed by atoms with E-state index in [1.54, 1.807) is 34.5 Å². The fraction of sp³-hybridized carbons (Fsp3) is 0.480. The molecule has 3 rings (SSSR count). The summed E-state index contributed by atoms with van der Waals surface area (Å²) in [5.74, 6) is 2.70. The van der Waals surface area contributed by atoms with Crippen LogP contribution < -0.4 is 18.9 Å². The molecule has 1 aliphatic rings. The standard InChI is InChI=1S/C25H33NO6/c1-28-21-10-18(11-22(14-21)29-2)16-26(20-8-6-5-7-9-20)25(27)32-17-19-12-23(30-3)15-24(13-19)31-4/h10-15,20H,5-9,16-17H2,1-4H3. The highest BCUT2D eigenvalue weighted by Crippen LogP contribution is 2.29. The van der Waals surface area contributed by atoms with Gasteiger partial charge in [0.1, 0.15) is 29.6 Å². The predicted octanol–water partition coefficient (Wildman–Crippen LogP) is 5.19. The molecule has 0 spiro atoms. The average molecular weight is 444 g/mol. The van der Waals surface area contributed by atoms with Gasteiger partial charge in [-0.2, -0.15) is 0 Å². The number of carbonyl (C=O) groups is 1. The monoisotopic (exact) mass is 443 g/mol. The summed E-state index contributed by atoms with van der Waals surface area (Å²) in [5.41, 5.74) is 1.74. The van der Waals surface area contributed by atoms with Crippen LogP contribution in [0.2, 0.25) is 0 Å². The maximum absolute atomic E-state index is 13.2. The van der Waals surface area contributed by atoms with Crippen LogP contribution in [0.5, 0.6) is 23.0 Å². The van der Waals surface area contributed by atoms with Crippen molar-refractivity contribution in [3.05, 3.63) is 47.5 Å². The minimum atomic E-state index is -0.333. The highest BCUT2D eigenvalue weighted by molar-refractivity contribution is 5.68. The van der Waals surface area contributed by atoms with Crippen molar-refractivity contribution in [1.82, 2.24) is 4.90 Å². The molecule has 0 N–H and O–H groups in total. The van der Waals surface area contributed by atoms with E-state index in [2.05, 4.69) is 0 Å². The van der Waals surface area contributed by atoms with E-state index in [4.69, 9.17) is 23.7 Å². The van der Waals surface area contributed by atoms with Gasteiger partial charge in [0.05, 0.1) is 28.4 Å². The molecule has 32 heavy (non-hydrogen) atoms. The van der Waals surface area contributed by atoms with Crippen LogP contribution in [0, 0.1) is 0 Å². The molecular formula is C25H33NO6. The van der Waals surface area contributed by atoms with Crippen molar-refractivity contribution in [2.24, 2.45) is 0 Å². The molecule has 1 amide bonds. The van der Waals surface area contributed by atoms with Crippen molar-refractivity contribution >= 4 is 6.09 Å². The third-order valence-corrected chi connectivity index (χ3v) is 5.79. The summed E-state index contributed by atoms with van der Waals surface area (Å²) < 4.78 is 27.2. The van der Waals surface area contributed by atoms with Gasteiger partial charge < -0.3 is 28.6 Å². The van der Waals surface area contributed by atoms with E-state index in [0.29, 0.717) is 29.5 Å². The van der Waals surface area contributed by atoms with E-state index in [0.717, 1.165) is 36.8 Å². The lowest BCUT2D eigenvalue weighted by molar-refractivity contribution is 0.0681. The van der Waals surface area contributed by atoms with Crippen molar-refractivity contribution < 1.29 is 28.5 Å². The Morgan fingerprint density at radius 1 is 0.750 bits per heavy atom. The summed E-state index contributed by atoms with van der Waals surface area (Å²) in [6, 6.07) is 11.3. The second-order valence-electron chi connectivity index (χ2n) is 7.92. The summed E-state index contributed by atoms with van der Waals surface area (Å²) in [6.45, 7) is 0.565. The molecule has 2 aromatic carbocycles. The SMILES string of the molecule is COc1cc(COC(=O)N(Cc2cc(OC)cc(OC)c2)C2CCCCC2)cc(OC)c1. The van der Waals surface area contributed by atoms with Gasteiger partial charge >= 0.3 is 6.09 Å². The van der Waals surface area contributed by atoms with Gasteiger partial charge in [0, 0.05) is 24.7 Å². The van der Waals surface area contributed by atoms with Crippen LogP contribution in [0.25, 0.3) is 0 Å². The van der Waals surface area contributed by atoms with E-state index in [1.807, 2.05) is 35.2 Å². The molecule has 1 fully saturated rings. The Balaban J connectivity index is 1.77. The van der Waals surface area contributed by atoms with Crippen LogP contribution in [0.4, 0.5) is 4.79 Å². The summed E-state index contributed by atoms with van der Waals surface area (Å²) in [6.07, 6.45) is 5.05. The molecule has 0 aliphatic heterocycles. The molecule has 0 unspecified atom stereocenters. The van der Waals surface area contributed by atoms with Crippen molar-refractivity contribution in [2.45, 2.75) is 51.3 Å². The lowest BCUT2D eigenvalue weighted by atomic mass is 9.94. The molecule has 7 nitrogen and oxygen atoms in total. The van der Waals surface area contributed by atoms with Crippen molar-refractivity contribution in [3.8, 4) is 23.0 Å². The number of nitrogens with zero attached hydrogens (tertiary/aromatic N) is 1. The van der Waals surface area contributed by atoms with E-state index in [9.17, 15) is 4.79 Å². The molecule has 0 aromatic heterocycles. The Morgan fingerprint density at radius 2 is 1.22 bits per heavy atom. The Hall–Kier alpha value is -3.09. The third kappa shape index (κ3) is 6.22. The van der Waals surface area contributed by atoms with Gasteiger partial charge in [-0.05, 0) is 48.2 Å². The number of ether oxygens (including phenoxy) is 5. The first-order chi connectivity index (χ1) is 15.6. The lowest BCUT2D eigenvalue weighted by Gasteiger charge is -2.33. The molecule has 0 bridgehead atoms. The number of rotatable bonds is 9. The number of benzene rings is 2. The second-order valence-corrected chi connectivity index (χ2v) is 7.92. The molecule has 0 saturated heterocycles. The minimum Gasteiger partial charge on any atom is -0.497 e. The van der Waals surface area contributed by atoms with E-state index in [-0.39, 0.29) is 18.7 Å². The number of hydrogen-bond donors (Lipinski definition) is 0. The number of hydrogen-bond acceptors (Lipinski definition) is 6. The quantitative estimate of drug-likeness (QED) is 0.531. The van der Waals surface area contributed by atoms with Gasteiger partial charge in [0.15, 0.2) is 0 Å². The van der Waals surface area contributed by atoms with Crippen LogP contribution in [0.3, 0.4) is 0 Å². The van der Waals surface area contributed by atoms with Crippen LogP contribution in [-0.2, 0) is 17.9 Å². The number of amides is 1. The van der Waals surface area contributed by atoms with E-state index in [1.165, 1.54) is 6.42 Å². The van der Waals surface area contributed by atoms with Gasteiger partial charge in [0.25, 0.3) is 0 Å². The zero-order valence-corrected chi connectivity index (χ0v) is 19.4. The molecule has 174 valence electrons. The molecule has 2 aromatic rings. The topological polar surface area (TPSA) is 66.5 Å².